The Morgan fingerprint density at radius 2 is 1.81 bits per heavy atom. The van der Waals surface area contributed by atoms with Crippen molar-refractivity contribution < 1.29 is 13.3 Å². The number of hydrogen-bond acceptors (Lipinski definition) is 5. The second-order valence-electron chi connectivity index (χ2n) is 6.79. The maximum Gasteiger partial charge on any atom is 0.270 e. The molecule has 8 heteroatoms. The predicted molar refractivity (Wildman–Crippen MR) is 96.0 cm³/mol. The molecular weight excluding hydrogens is 354 g/mol. The molecule has 0 aromatic heterocycles. The highest BCUT2D eigenvalue weighted by atomic mass is 32.2. The van der Waals surface area contributed by atoms with Crippen LogP contribution in [0.4, 0.5) is 5.69 Å². The minimum absolute atomic E-state index is 0.00569. The molecule has 0 spiro atoms. The van der Waals surface area contributed by atoms with Gasteiger partial charge < -0.3 is 0 Å². The Morgan fingerprint density at radius 1 is 1.04 bits per heavy atom. The fourth-order valence-corrected chi connectivity index (χ4v) is 5.62. The summed E-state index contributed by atoms with van der Waals surface area (Å²) in [6.07, 6.45) is 0.807. The monoisotopic (exact) mass is 373 g/mol. The molecule has 0 aliphatic carbocycles. The zero-order chi connectivity index (χ0) is 18.3. The van der Waals surface area contributed by atoms with Crippen LogP contribution in [0.3, 0.4) is 0 Å². The molecule has 2 aromatic carbocycles. The van der Waals surface area contributed by atoms with Crippen LogP contribution in [0.25, 0.3) is 0 Å². The molecule has 2 bridgehead atoms. The lowest BCUT2D eigenvalue weighted by molar-refractivity contribution is -0.385. The fraction of sp³-hybridized carbons (Fsp3) is 0.333. The second kappa shape index (κ2) is 6.46. The molecule has 2 aromatic rings. The summed E-state index contributed by atoms with van der Waals surface area (Å²) in [6.45, 7) is 1.93. The van der Waals surface area contributed by atoms with Crippen LogP contribution in [0.5, 0.6) is 0 Å². The number of fused-ring (bicyclic) bond motifs is 2. The van der Waals surface area contributed by atoms with Crippen molar-refractivity contribution in [2.75, 3.05) is 13.1 Å². The van der Waals surface area contributed by atoms with E-state index in [2.05, 4.69) is 17.0 Å². The highest BCUT2D eigenvalue weighted by Crippen LogP contribution is 2.36. The van der Waals surface area contributed by atoms with Crippen LogP contribution in [0.15, 0.2) is 59.5 Å². The first kappa shape index (κ1) is 17.1. The molecule has 7 nitrogen and oxygen atoms in total. The first-order chi connectivity index (χ1) is 12.4. The van der Waals surface area contributed by atoms with E-state index < -0.39 is 14.9 Å². The van der Waals surface area contributed by atoms with Crippen LogP contribution in [0, 0.1) is 10.1 Å². The van der Waals surface area contributed by atoms with E-state index in [4.69, 9.17) is 0 Å². The molecule has 2 unspecified atom stereocenters. The molecule has 2 atom stereocenters. The summed E-state index contributed by atoms with van der Waals surface area (Å²) >= 11 is 0. The third-order valence-electron chi connectivity index (χ3n) is 5.17. The maximum atomic E-state index is 12.9. The van der Waals surface area contributed by atoms with Crippen LogP contribution in [-0.4, -0.2) is 47.7 Å². The topological polar surface area (TPSA) is 83.8 Å². The summed E-state index contributed by atoms with van der Waals surface area (Å²) in [6, 6.07) is 15.5. The lowest BCUT2D eigenvalue weighted by Gasteiger charge is -2.33. The van der Waals surface area contributed by atoms with Crippen molar-refractivity contribution in [3.05, 3.63) is 70.3 Å². The maximum absolute atomic E-state index is 12.9. The number of piperazine rings is 1. The van der Waals surface area contributed by atoms with Crippen LogP contribution in [0.1, 0.15) is 12.0 Å². The molecule has 2 aliphatic rings. The molecule has 0 amide bonds. The van der Waals surface area contributed by atoms with Crippen molar-refractivity contribution in [2.24, 2.45) is 0 Å². The van der Waals surface area contributed by atoms with E-state index in [9.17, 15) is 18.5 Å². The Kier molecular flexibility index (Phi) is 4.26. The van der Waals surface area contributed by atoms with E-state index in [-0.39, 0.29) is 22.7 Å². The summed E-state index contributed by atoms with van der Waals surface area (Å²) in [5.41, 5.74) is 1.01. The van der Waals surface area contributed by atoms with Crippen molar-refractivity contribution in [3.63, 3.8) is 0 Å². The second-order valence-corrected chi connectivity index (χ2v) is 8.68. The van der Waals surface area contributed by atoms with Crippen molar-refractivity contribution in [1.82, 2.24) is 9.21 Å². The number of nitro benzene ring substituents is 1. The molecule has 4 rings (SSSR count). The van der Waals surface area contributed by atoms with Crippen molar-refractivity contribution in [1.29, 1.82) is 0 Å². The van der Waals surface area contributed by atoms with Gasteiger partial charge in [-0.05, 0) is 18.1 Å². The lowest BCUT2D eigenvalue weighted by Crippen LogP contribution is -2.48. The minimum Gasteiger partial charge on any atom is -0.293 e. The molecule has 2 heterocycles. The van der Waals surface area contributed by atoms with Gasteiger partial charge in [0.2, 0.25) is 10.0 Å². The van der Waals surface area contributed by atoms with Gasteiger partial charge in [0.15, 0.2) is 0 Å². The van der Waals surface area contributed by atoms with Crippen LogP contribution in [-0.2, 0) is 16.6 Å². The molecule has 26 heavy (non-hydrogen) atoms. The number of nitrogens with zero attached hydrogens (tertiary/aromatic N) is 3. The van der Waals surface area contributed by atoms with Gasteiger partial charge in [-0.15, -0.1) is 0 Å². The van der Waals surface area contributed by atoms with Gasteiger partial charge in [0.1, 0.15) is 0 Å². The SMILES string of the molecule is O=[N+]([O-])c1cccc(S(=O)(=O)N2CC3CC2CN3Cc2ccccc2)c1. The zero-order valence-corrected chi connectivity index (χ0v) is 14.9. The number of nitro groups is 1. The van der Waals surface area contributed by atoms with E-state index in [1.165, 1.54) is 28.1 Å². The Morgan fingerprint density at radius 3 is 2.46 bits per heavy atom. The molecular formula is C18H19N3O4S. The van der Waals surface area contributed by atoms with Crippen LogP contribution in [0.2, 0.25) is 0 Å². The Hall–Kier alpha value is -2.29. The van der Waals surface area contributed by atoms with E-state index in [1.54, 1.807) is 0 Å². The highest BCUT2D eigenvalue weighted by molar-refractivity contribution is 7.89. The quantitative estimate of drug-likeness (QED) is 0.593. The summed E-state index contributed by atoms with van der Waals surface area (Å²) in [4.78, 5) is 12.7. The number of rotatable bonds is 5. The Balaban J connectivity index is 1.51. The molecule has 2 saturated heterocycles. The van der Waals surface area contributed by atoms with E-state index >= 15 is 0 Å². The number of likely N-dealkylation sites (tertiary alicyclic amines) is 1. The van der Waals surface area contributed by atoms with Gasteiger partial charge in [0.05, 0.1) is 9.82 Å². The van der Waals surface area contributed by atoms with Gasteiger partial charge in [-0.1, -0.05) is 36.4 Å². The standard InChI is InChI=1S/C18H19N3O4S/c22-21(23)15-7-4-8-18(10-15)26(24,25)20-13-16-9-17(20)12-19(16)11-14-5-2-1-3-6-14/h1-8,10,16-17H,9,11-13H2. The normalized spacial score (nSPS) is 23.4. The van der Waals surface area contributed by atoms with Crippen molar-refractivity contribution >= 4 is 15.7 Å². The largest absolute Gasteiger partial charge is 0.293 e. The lowest BCUT2D eigenvalue weighted by atomic mass is 10.2. The van der Waals surface area contributed by atoms with Crippen LogP contribution < -0.4 is 0 Å². The average molecular weight is 373 g/mol. The predicted octanol–water partition coefficient (Wildman–Crippen LogP) is 2.24. The van der Waals surface area contributed by atoms with Crippen molar-refractivity contribution in [2.45, 2.75) is 29.9 Å². The number of sulfonamides is 1. The summed E-state index contributed by atoms with van der Waals surface area (Å²) in [5, 5.41) is 10.9. The van der Waals surface area contributed by atoms with E-state index in [1.807, 2.05) is 18.2 Å². The zero-order valence-electron chi connectivity index (χ0n) is 14.1. The Labute approximate surface area is 152 Å². The summed E-state index contributed by atoms with van der Waals surface area (Å²) in [7, 11) is -3.72. The third-order valence-corrected chi connectivity index (χ3v) is 7.08. The van der Waals surface area contributed by atoms with Gasteiger partial charge in [-0.25, -0.2) is 8.42 Å². The van der Waals surface area contributed by atoms with Crippen molar-refractivity contribution in [3.8, 4) is 0 Å². The molecule has 136 valence electrons. The van der Waals surface area contributed by atoms with Crippen LogP contribution >= 0.6 is 0 Å². The molecule has 0 radical (unpaired) electrons. The summed E-state index contributed by atoms with van der Waals surface area (Å²) < 4.78 is 27.4. The highest BCUT2D eigenvalue weighted by Gasteiger charge is 2.48. The van der Waals surface area contributed by atoms with Gasteiger partial charge in [0.25, 0.3) is 5.69 Å². The van der Waals surface area contributed by atoms with Gasteiger partial charge in [-0.3, -0.25) is 15.0 Å². The Bertz CT molecular complexity index is 932. The summed E-state index contributed by atoms with van der Waals surface area (Å²) in [5.74, 6) is 0. The number of non-ortho nitro benzene ring substituents is 1. The first-order valence-corrected chi connectivity index (χ1v) is 9.93. The van der Waals surface area contributed by atoms with Gasteiger partial charge >= 0.3 is 0 Å². The molecule has 2 aliphatic heterocycles. The number of hydrogen-bond donors (Lipinski definition) is 0. The van der Waals surface area contributed by atoms with E-state index in [0.717, 1.165) is 19.0 Å². The van der Waals surface area contributed by atoms with E-state index in [0.29, 0.717) is 13.1 Å². The average Bonchev–Trinajstić information content (AvgIpc) is 3.23. The molecule has 0 saturated carbocycles. The fourth-order valence-electron chi connectivity index (χ4n) is 3.91. The molecule has 0 N–H and O–H groups in total. The smallest absolute Gasteiger partial charge is 0.270 e. The minimum atomic E-state index is -3.72. The van der Waals surface area contributed by atoms with Gasteiger partial charge in [-0.2, -0.15) is 4.31 Å². The first-order valence-electron chi connectivity index (χ1n) is 8.49. The number of benzene rings is 2. The van der Waals surface area contributed by atoms with Gasteiger partial charge in [0, 0.05) is 43.9 Å². The molecule has 2 fully saturated rings. The third kappa shape index (κ3) is 3.00.